The summed E-state index contributed by atoms with van der Waals surface area (Å²) >= 11 is 0. The van der Waals surface area contributed by atoms with Gasteiger partial charge in [-0.1, -0.05) is 42.5 Å². The summed E-state index contributed by atoms with van der Waals surface area (Å²) in [6.45, 7) is 0. The monoisotopic (exact) mass is 346 g/mol. The summed E-state index contributed by atoms with van der Waals surface area (Å²) < 4.78 is 0. The number of carbonyl (C=O) groups excluding carboxylic acids is 1. The number of nitrogens with zero attached hydrogens (tertiary/aromatic N) is 1. The molecule has 4 rings (SSSR count). The van der Waals surface area contributed by atoms with Gasteiger partial charge in [-0.2, -0.15) is 0 Å². The average molecular weight is 346 g/mol. The standard InChI is InChI=1S/C21H18N2O3/c24-20-8-4-7-18-21(20)17(14-9-11-16(12-10-14)23(25)26)13-19(22-18)15-5-2-1-3-6-15/h1-3,5-6,9-13,17,22H,4,7-8H2. The molecule has 2 aromatic carbocycles. The van der Waals surface area contributed by atoms with Crippen molar-refractivity contribution in [2.45, 2.75) is 25.2 Å². The van der Waals surface area contributed by atoms with Gasteiger partial charge in [-0.25, -0.2) is 0 Å². The topological polar surface area (TPSA) is 72.2 Å². The molecule has 0 amide bonds. The summed E-state index contributed by atoms with van der Waals surface area (Å²) in [5, 5.41) is 14.4. The quantitative estimate of drug-likeness (QED) is 0.663. The Morgan fingerprint density at radius 2 is 1.73 bits per heavy atom. The second-order valence-corrected chi connectivity index (χ2v) is 6.57. The predicted octanol–water partition coefficient (Wildman–Crippen LogP) is 4.33. The third-order valence-electron chi connectivity index (χ3n) is 4.93. The SMILES string of the molecule is O=C1CCCC2=C1C(c1ccc([N+](=O)[O-])cc1)C=C(c1ccccc1)N2. The van der Waals surface area contributed by atoms with Crippen LogP contribution in [0.25, 0.3) is 5.70 Å². The number of non-ortho nitro benzene ring substituents is 1. The molecule has 1 heterocycles. The molecule has 0 radical (unpaired) electrons. The van der Waals surface area contributed by atoms with E-state index in [0.717, 1.165) is 40.9 Å². The molecule has 0 saturated heterocycles. The van der Waals surface area contributed by atoms with Gasteiger partial charge in [0.05, 0.1) is 4.92 Å². The van der Waals surface area contributed by atoms with Crippen LogP contribution in [0.5, 0.6) is 0 Å². The minimum Gasteiger partial charge on any atom is -0.358 e. The number of nitro benzene ring substituents is 1. The summed E-state index contributed by atoms with van der Waals surface area (Å²) in [7, 11) is 0. The molecule has 26 heavy (non-hydrogen) atoms. The van der Waals surface area contributed by atoms with Crippen molar-refractivity contribution in [3.63, 3.8) is 0 Å². The second kappa shape index (κ2) is 6.59. The van der Waals surface area contributed by atoms with E-state index >= 15 is 0 Å². The lowest BCUT2D eigenvalue weighted by Gasteiger charge is -2.31. The smallest absolute Gasteiger partial charge is 0.269 e. The lowest BCUT2D eigenvalue weighted by Crippen LogP contribution is -2.28. The molecule has 2 aliphatic rings. The van der Waals surface area contributed by atoms with Crippen molar-refractivity contribution in [2.75, 3.05) is 0 Å². The number of dihydropyridines is 1. The van der Waals surface area contributed by atoms with Crippen LogP contribution in [0.3, 0.4) is 0 Å². The molecule has 0 saturated carbocycles. The Kier molecular flexibility index (Phi) is 4.13. The van der Waals surface area contributed by atoms with Crippen LogP contribution in [0.1, 0.15) is 36.3 Å². The Hall–Kier alpha value is -3.21. The van der Waals surface area contributed by atoms with Crippen LogP contribution < -0.4 is 5.32 Å². The number of nitro groups is 1. The molecule has 1 aliphatic carbocycles. The molecule has 0 fully saturated rings. The first-order chi connectivity index (χ1) is 12.6. The minimum atomic E-state index is -0.409. The van der Waals surface area contributed by atoms with E-state index in [1.807, 2.05) is 30.3 Å². The average Bonchev–Trinajstić information content (AvgIpc) is 2.68. The van der Waals surface area contributed by atoms with Gasteiger partial charge in [-0.05, 0) is 30.0 Å². The van der Waals surface area contributed by atoms with Crippen molar-refractivity contribution >= 4 is 17.2 Å². The maximum atomic E-state index is 12.6. The molecule has 0 aromatic heterocycles. The van der Waals surface area contributed by atoms with E-state index < -0.39 is 4.92 Å². The fraction of sp³-hybridized carbons (Fsp3) is 0.190. The van der Waals surface area contributed by atoms with Crippen LogP contribution in [0.2, 0.25) is 0 Å². The number of hydrogen-bond donors (Lipinski definition) is 1. The molecule has 130 valence electrons. The third kappa shape index (κ3) is 2.92. The highest BCUT2D eigenvalue weighted by molar-refractivity contribution is 6.00. The summed E-state index contributed by atoms with van der Waals surface area (Å²) in [5.74, 6) is -0.0273. The Morgan fingerprint density at radius 1 is 1.00 bits per heavy atom. The normalized spacial score (nSPS) is 19.5. The number of Topliss-reactive ketones (excluding diaryl/α,β-unsaturated/α-hetero) is 1. The van der Waals surface area contributed by atoms with Crippen LogP contribution >= 0.6 is 0 Å². The fourth-order valence-corrected chi connectivity index (χ4v) is 3.66. The molecule has 2 aromatic rings. The molecular weight excluding hydrogens is 328 g/mol. The second-order valence-electron chi connectivity index (χ2n) is 6.57. The van der Waals surface area contributed by atoms with Crippen molar-refractivity contribution in [2.24, 2.45) is 0 Å². The van der Waals surface area contributed by atoms with E-state index in [2.05, 4.69) is 11.4 Å². The minimum absolute atomic E-state index is 0.0547. The van der Waals surface area contributed by atoms with Crippen molar-refractivity contribution in [3.8, 4) is 0 Å². The lowest BCUT2D eigenvalue weighted by molar-refractivity contribution is -0.384. The molecule has 1 N–H and O–H groups in total. The Labute approximate surface area is 151 Å². The number of nitrogens with one attached hydrogen (secondary N) is 1. The van der Waals surface area contributed by atoms with Crippen LogP contribution in [-0.2, 0) is 4.79 Å². The van der Waals surface area contributed by atoms with Gasteiger partial charge in [0, 0.05) is 41.4 Å². The molecule has 1 atom stereocenters. The summed E-state index contributed by atoms with van der Waals surface area (Å²) in [6.07, 6.45) is 4.30. The molecule has 1 aliphatic heterocycles. The molecule has 5 heteroatoms. The van der Waals surface area contributed by atoms with Crippen molar-refractivity contribution in [3.05, 3.63) is 93.2 Å². The van der Waals surface area contributed by atoms with Gasteiger partial charge >= 0.3 is 0 Å². The summed E-state index contributed by atoms with van der Waals surface area (Å²) in [6, 6.07) is 16.5. The van der Waals surface area contributed by atoms with Gasteiger partial charge in [0.1, 0.15) is 0 Å². The first-order valence-corrected chi connectivity index (χ1v) is 8.68. The zero-order valence-electron chi connectivity index (χ0n) is 14.1. The highest BCUT2D eigenvalue weighted by Gasteiger charge is 2.31. The zero-order chi connectivity index (χ0) is 18.1. The third-order valence-corrected chi connectivity index (χ3v) is 4.93. The zero-order valence-corrected chi connectivity index (χ0v) is 14.1. The van der Waals surface area contributed by atoms with Crippen LogP contribution in [0, 0.1) is 10.1 Å². The predicted molar refractivity (Wildman–Crippen MR) is 99.3 cm³/mol. The van der Waals surface area contributed by atoms with Gasteiger partial charge < -0.3 is 5.32 Å². The lowest BCUT2D eigenvalue weighted by atomic mass is 9.79. The Balaban J connectivity index is 1.79. The largest absolute Gasteiger partial charge is 0.358 e. The maximum absolute atomic E-state index is 12.6. The fourth-order valence-electron chi connectivity index (χ4n) is 3.66. The van der Waals surface area contributed by atoms with Gasteiger partial charge in [-0.3, -0.25) is 14.9 Å². The molecule has 5 nitrogen and oxygen atoms in total. The first-order valence-electron chi connectivity index (χ1n) is 8.68. The Morgan fingerprint density at radius 3 is 2.42 bits per heavy atom. The van der Waals surface area contributed by atoms with Crippen molar-refractivity contribution in [1.29, 1.82) is 0 Å². The van der Waals surface area contributed by atoms with E-state index in [1.165, 1.54) is 12.1 Å². The van der Waals surface area contributed by atoms with E-state index in [1.54, 1.807) is 12.1 Å². The highest BCUT2D eigenvalue weighted by Crippen LogP contribution is 2.39. The van der Waals surface area contributed by atoms with Gasteiger partial charge in [0.15, 0.2) is 5.78 Å². The summed E-state index contributed by atoms with van der Waals surface area (Å²) in [4.78, 5) is 23.1. The van der Waals surface area contributed by atoms with Gasteiger partial charge in [0.25, 0.3) is 5.69 Å². The van der Waals surface area contributed by atoms with Crippen molar-refractivity contribution in [1.82, 2.24) is 5.32 Å². The van der Waals surface area contributed by atoms with Crippen molar-refractivity contribution < 1.29 is 9.72 Å². The molecular formula is C21H18N2O3. The Bertz CT molecular complexity index is 927. The highest BCUT2D eigenvalue weighted by atomic mass is 16.6. The van der Waals surface area contributed by atoms with E-state index in [4.69, 9.17) is 0 Å². The number of allylic oxidation sites excluding steroid dienone is 3. The van der Waals surface area contributed by atoms with Gasteiger partial charge in [-0.15, -0.1) is 0 Å². The molecule has 1 unspecified atom stereocenters. The number of benzene rings is 2. The van der Waals surface area contributed by atoms with E-state index in [0.29, 0.717) is 6.42 Å². The number of rotatable bonds is 3. The van der Waals surface area contributed by atoms with Crippen LogP contribution in [-0.4, -0.2) is 10.7 Å². The molecule has 0 bridgehead atoms. The number of hydrogen-bond acceptors (Lipinski definition) is 4. The summed E-state index contributed by atoms with van der Waals surface area (Å²) in [5.41, 5.74) is 4.76. The first kappa shape index (κ1) is 16.3. The molecule has 0 spiro atoms. The van der Waals surface area contributed by atoms with E-state index in [9.17, 15) is 14.9 Å². The number of ketones is 1. The van der Waals surface area contributed by atoms with Gasteiger partial charge in [0.2, 0.25) is 0 Å². The maximum Gasteiger partial charge on any atom is 0.269 e. The van der Waals surface area contributed by atoms with Crippen LogP contribution in [0.4, 0.5) is 5.69 Å². The van der Waals surface area contributed by atoms with Crippen LogP contribution in [0.15, 0.2) is 71.9 Å². The van der Waals surface area contributed by atoms with E-state index in [-0.39, 0.29) is 17.4 Å². The number of carbonyl (C=O) groups is 1.